The fourth-order valence-electron chi connectivity index (χ4n) is 4.10. The molecule has 4 aromatic rings. The van der Waals surface area contributed by atoms with Gasteiger partial charge in [0.1, 0.15) is 11.7 Å². The summed E-state index contributed by atoms with van der Waals surface area (Å²) in [5.41, 5.74) is 12.4. The molecule has 1 atom stereocenters. The van der Waals surface area contributed by atoms with Crippen LogP contribution in [0, 0.1) is 0 Å². The number of esters is 1. The Morgan fingerprint density at radius 3 is 2.71 bits per heavy atom. The van der Waals surface area contributed by atoms with Crippen LogP contribution < -0.4 is 11.1 Å². The molecule has 0 saturated carbocycles. The fraction of sp³-hybridized carbons (Fsp3) is 0.250. The van der Waals surface area contributed by atoms with Crippen molar-refractivity contribution in [2.45, 2.75) is 32.5 Å². The molecule has 0 radical (unpaired) electrons. The fourth-order valence-corrected chi connectivity index (χ4v) is 4.30. The standard InChI is InChI=1S/C28H29ClN2O4/c1-18(17-33-2)34-27(32)14-22-7-3-4-9-25(22)31-16-20-11-23-13-26(29)35-28(23)24(12-20)21-8-5-6-19(10-21)15-30/h3-13,18,31H,14-17,30H2,1-2H3. The van der Waals surface area contributed by atoms with Crippen molar-refractivity contribution < 1.29 is 18.7 Å². The van der Waals surface area contributed by atoms with Gasteiger partial charge in [0, 0.05) is 42.9 Å². The van der Waals surface area contributed by atoms with Crippen molar-refractivity contribution in [3.8, 4) is 11.1 Å². The maximum absolute atomic E-state index is 12.4. The van der Waals surface area contributed by atoms with E-state index in [1.807, 2.05) is 55.5 Å². The Morgan fingerprint density at radius 1 is 1.09 bits per heavy atom. The van der Waals surface area contributed by atoms with Crippen molar-refractivity contribution in [3.05, 3.63) is 88.6 Å². The molecule has 35 heavy (non-hydrogen) atoms. The number of furan rings is 1. The molecule has 0 bridgehead atoms. The first kappa shape index (κ1) is 24.8. The number of nitrogens with one attached hydrogen (secondary N) is 1. The molecule has 0 fully saturated rings. The molecule has 0 aliphatic carbocycles. The van der Waals surface area contributed by atoms with E-state index in [9.17, 15) is 4.79 Å². The number of ether oxygens (including phenoxy) is 2. The molecule has 0 aliphatic heterocycles. The third-order valence-corrected chi connectivity index (χ3v) is 5.88. The third-order valence-electron chi connectivity index (χ3n) is 5.69. The average molecular weight is 493 g/mol. The first-order valence-corrected chi connectivity index (χ1v) is 11.9. The summed E-state index contributed by atoms with van der Waals surface area (Å²) in [5.74, 6) is -0.291. The van der Waals surface area contributed by atoms with Gasteiger partial charge < -0.3 is 24.9 Å². The molecule has 3 N–H and O–H groups in total. The van der Waals surface area contributed by atoms with Crippen molar-refractivity contribution in [1.82, 2.24) is 0 Å². The molecule has 0 amide bonds. The van der Waals surface area contributed by atoms with E-state index in [-0.39, 0.29) is 18.5 Å². The van der Waals surface area contributed by atoms with E-state index in [4.69, 9.17) is 31.2 Å². The minimum Gasteiger partial charge on any atom is -0.460 e. The molecule has 1 heterocycles. The summed E-state index contributed by atoms with van der Waals surface area (Å²) < 4.78 is 16.3. The number of fused-ring (bicyclic) bond motifs is 1. The second-order valence-electron chi connectivity index (χ2n) is 8.46. The molecule has 0 saturated heterocycles. The summed E-state index contributed by atoms with van der Waals surface area (Å²) in [5, 5.41) is 4.73. The Hall–Kier alpha value is -3.32. The van der Waals surface area contributed by atoms with Gasteiger partial charge in [-0.05, 0) is 65.0 Å². The van der Waals surface area contributed by atoms with Crippen LogP contribution in [0.4, 0.5) is 5.69 Å². The quantitative estimate of drug-likeness (QED) is 0.266. The van der Waals surface area contributed by atoms with E-state index >= 15 is 0 Å². The van der Waals surface area contributed by atoms with Crippen LogP contribution >= 0.6 is 11.6 Å². The number of para-hydroxylation sites is 1. The molecule has 1 unspecified atom stereocenters. The largest absolute Gasteiger partial charge is 0.460 e. The zero-order valence-corrected chi connectivity index (χ0v) is 20.6. The second kappa shape index (κ2) is 11.4. The maximum atomic E-state index is 12.4. The summed E-state index contributed by atoms with van der Waals surface area (Å²) in [7, 11) is 1.58. The highest BCUT2D eigenvalue weighted by atomic mass is 35.5. The minimum atomic E-state index is -0.294. The van der Waals surface area contributed by atoms with Gasteiger partial charge in [-0.15, -0.1) is 0 Å². The van der Waals surface area contributed by atoms with E-state index in [2.05, 4.69) is 23.5 Å². The van der Waals surface area contributed by atoms with E-state index < -0.39 is 0 Å². The molecule has 3 aromatic carbocycles. The number of benzene rings is 3. The summed E-state index contributed by atoms with van der Waals surface area (Å²) in [6.07, 6.45) is -0.123. The van der Waals surface area contributed by atoms with Crippen LogP contribution in [0.3, 0.4) is 0 Å². The Bertz CT molecular complexity index is 1320. The smallest absolute Gasteiger partial charge is 0.310 e. The zero-order valence-electron chi connectivity index (χ0n) is 19.8. The Morgan fingerprint density at radius 2 is 1.91 bits per heavy atom. The van der Waals surface area contributed by atoms with Gasteiger partial charge in [0.25, 0.3) is 0 Å². The van der Waals surface area contributed by atoms with Crippen molar-refractivity contribution >= 4 is 34.2 Å². The molecular formula is C28H29ClN2O4. The number of nitrogens with two attached hydrogens (primary N) is 1. The first-order chi connectivity index (χ1) is 17.0. The van der Waals surface area contributed by atoms with E-state index in [0.717, 1.165) is 44.5 Å². The Labute approximate surface area is 210 Å². The summed E-state index contributed by atoms with van der Waals surface area (Å²) >= 11 is 6.20. The first-order valence-electron chi connectivity index (χ1n) is 11.5. The number of anilines is 1. The lowest BCUT2D eigenvalue weighted by Gasteiger charge is -2.15. The van der Waals surface area contributed by atoms with Gasteiger partial charge in [-0.3, -0.25) is 4.79 Å². The summed E-state index contributed by atoms with van der Waals surface area (Å²) in [6, 6.07) is 21.8. The lowest BCUT2D eigenvalue weighted by molar-refractivity contribution is -0.149. The molecule has 0 spiro atoms. The predicted octanol–water partition coefficient (Wildman–Crippen LogP) is 5.94. The monoisotopic (exact) mass is 492 g/mol. The van der Waals surface area contributed by atoms with Crippen LogP contribution in [0.1, 0.15) is 23.6 Å². The van der Waals surface area contributed by atoms with E-state index in [1.165, 1.54) is 0 Å². The minimum absolute atomic E-state index is 0.171. The molecule has 4 rings (SSSR count). The van der Waals surface area contributed by atoms with Crippen molar-refractivity contribution in [2.75, 3.05) is 19.0 Å². The third kappa shape index (κ3) is 6.22. The van der Waals surface area contributed by atoms with Crippen LogP contribution in [0.15, 0.2) is 71.1 Å². The van der Waals surface area contributed by atoms with Gasteiger partial charge in [0.2, 0.25) is 0 Å². The van der Waals surface area contributed by atoms with Crippen LogP contribution in [0.5, 0.6) is 0 Å². The van der Waals surface area contributed by atoms with Crippen molar-refractivity contribution in [1.29, 1.82) is 0 Å². The number of hydrogen-bond acceptors (Lipinski definition) is 6. The molecule has 0 aliphatic rings. The average Bonchev–Trinajstić information content (AvgIpc) is 3.23. The Kier molecular flexibility index (Phi) is 8.08. The second-order valence-corrected chi connectivity index (χ2v) is 8.83. The van der Waals surface area contributed by atoms with Crippen molar-refractivity contribution in [3.63, 3.8) is 0 Å². The number of carbonyl (C=O) groups excluding carboxylic acids is 1. The number of carbonyl (C=O) groups is 1. The lowest BCUT2D eigenvalue weighted by Crippen LogP contribution is -2.21. The van der Waals surface area contributed by atoms with Gasteiger partial charge in [0.15, 0.2) is 5.22 Å². The van der Waals surface area contributed by atoms with Gasteiger partial charge in [-0.1, -0.05) is 36.4 Å². The normalized spacial score (nSPS) is 12.0. The van der Waals surface area contributed by atoms with Crippen LogP contribution in [-0.2, 0) is 33.8 Å². The molecule has 6 nitrogen and oxygen atoms in total. The predicted molar refractivity (Wildman–Crippen MR) is 139 cm³/mol. The lowest BCUT2D eigenvalue weighted by atomic mass is 9.98. The van der Waals surface area contributed by atoms with Crippen LogP contribution in [-0.4, -0.2) is 25.8 Å². The van der Waals surface area contributed by atoms with Gasteiger partial charge in [-0.2, -0.15) is 0 Å². The summed E-state index contributed by atoms with van der Waals surface area (Å²) in [6.45, 7) is 3.18. The van der Waals surface area contributed by atoms with Crippen molar-refractivity contribution in [2.24, 2.45) is 5.73 Å². The highest BCUT2D eigenvalue weighted by Crippen LogP contribution is 2.34. The van der Waals surface area contributed by atoms with Gasteiger partial charge in [-0.25, -0.2) is 0 Å². The number of methoxy groups -OCH3 is 1. The number of hydrogen-bond donors (Lipinski definition) is 2. The van der Waals surface area contributed by atoms with E-state index in [0.29, 0.717) is 24.9 Å². The van der Waals surface area contributed by atoms with Gasteiger partial charge >= 0.3 is 5.97 Å². The molecule has 182 valence electrons. The summed E-state index contributed by atoms with van der Waals surface area (Å²) in [4.78, 5) is 12.4. The highest BCUT2D eigenvalue weighted by Gasteiger charge is 2.15. The number of rotatable bonds is 10. The van der Waals surface area contributed by atoms with Crippen LogP contribution in [0.2, 0.25) is 5.22 Å². The zero-order chi connectivity index (χ0) is 24.8. The highest BCUT2D eigenvalue weighted by molar-refractivity contribution is 6.30. The Balaban J connectivity index is 1.57. The molecule has 1 aromatic heterocycles. The number of halogens is 1. The molecule has 7 heteroatoms. The SMILES string of the molecule is COCC(C)OC(=O)Cc1ccccc1NCc1cc(-c2cccc(CN)c2)c2oc(Cl)cc2c1. The maximum Gasteiger partial charge on any atom is 0.310 e. The molecular weight excluding hydrogens is 464 g/mol. The topological polar surface area (TPSA) is 86.7 Å². The van der Waals surface area contributed by atoms with Crippen LogP contribution in [0.25, 0.3) is 22.1 Å². The van der Waals surface area contributed by atoms with E-state index in [1.54, 1.807) is 7.11 Å². The van der Waals surface area contributed by atoms with Gasteiger partial charge in [0.05, 0.1) is 13.0 Å².